The second kappa shape index (κ2) is 6.15. The molecule has 0 heterocycles. The number of rotatable bonds is 3. The maximum atomic E-state index is 6.32. The quantitative estimate of drug-likeness (QED) is 0.814. The molecule has 0 aliphatic carbocycles. The van der Waals surface area contributed by atoms with Gasteiger partial charge in [-0.2, -0.15) is 0 Å². The van der Waals surface area contributed by atoms with Gasteiger partial charge in [-0.25, -0.2) is 0 Å². The smallest absolute Gasteiger partial charge is 0.0595 e. The molecule has 0 aliphatic rings. The van der Waals surface area contributed by atoms with E-state index in [1.165, 1.54) is 0 Å². The average molecular weight is 315 g/mol. The number of hydrogen-bond acceptors (Lipinski definition) is 1. The van der Waals surface area contributed by atoms with Gasteiger partial charge < -0.3 is 5.32 Å². The van der Waals surface area contributed by atoms with Crippen molar-refractivity contribution in [3.8, 4) is 0 Å². The Morgan fingerprint density at radius 2 is 1.63 bits per heavy atom. The lowest BCUT2D eigenvalue weighted by Crippen LogP contribution is -2.18. The molecule has 0 fully saturated rings. The van der Waals surface area contributed by atoms with Gasteiger partial charge in [-0.1, -0.05) is 53.0 Å². The van der Waals surface area contributed by atoms with E-state index in [1.807, 2.05) is 44.3 Å². The van der Waals surface area contributed by atoms with Crippen LogP contribution in [0.25, 0.3) is 0 Å². The zero-order valence-electron chi connectivity index (χ0n) is 10.7. The van der Waals surface area contributed by atoms with Gasteiger partial charge in [-0.05, 0) is 48.9 Å². The van der Waals surface area contributed by atoms with E-state index in [2.05, 4.69) is 5.32 Å². The standard InChI is InChI=1S/C15H14Cl3N/c1-9-3-5-11(13(17)7-9)15(19-2)10-4-6-12(16)14(18)8-10/h3-8,15,19H,1-2H3. The SMILES string of the molecule is CNC(c1ccc(Cl)c(Cl)c1)c1ccc(C)cc1Cl. The van der Waals surface area contributed by atoms with Crippen LogP contribution >= 0.6 is 34.8 Å². The van der Waals surface area contributed by atoms with E-state index in [9.17, 15) is 0 Å². The van der Waals surface area contributed by atoms with Gasteiger partial charge in [0, 0.05) is 5.02 Å². The molecule has 1 N–H and O–H groups in total. The van der Waals surface area contributed by atoms with Crippen molar-refractivity contribution in [1.82, 2.24) is 5.32 Å². The molecule has 1 nitrogen and oxygen atoms in total. The largest absolute Gasteiger partial charge is 0.309 e. The Morgan fingerprint density at radius 1 is 0.895 bits per heavy atom. The monoisotopic (exact) mass is 313 g/mol. The molecule has 2 rings (SSSR count). The molecule has 0 spiro atoms. The van der Waals surface area contributed by atoms with Crippen molar-refractivity contribution in [3.05, 3.63) is 68.2 Å². The van der Waals surface area contributed by atoms with Crippen LogP contribution in [0.1, 0.15) is 22.7 Å². The van der Waals surface area contributed by atoms with Crippen molar-refractivity contribution in [2.24, 2.45) is 0 Å². The third-order valence-electron chi connectivity index (χ3n) is 3.03. The van der Waals surface area contributed by atoms with Crippen molar-refractivity contribution in [2.75, 3.05) is 7.05 Å². The Hall–Kier alpha value is -0.730. The van der Waals surface area contributed by atoms with Crippen molar-refractivity contribution in [2.45, 2.75) is 13.0 Å². The summed E-state index contributed by atoms with van der Waals surface area (Å²) in [7, 11) is 1.89. The lowest BCUT2D eigenvalue weighted by Gasteiger charge is -2.19. The van der Waals surface area contributed by atoms with Crippen LogP contribution in [0, 0.1) is 6.92 Å². The third kappa shape index (κ3) is 3.24. The molecule has 0 saturated carbocycles. The molecule has 2 aromatic carbocycles. The minimum absolute atomic E-state index is 0.0112. The van der Waals surface area contributed by atoms with Crippen LogP contribution in [-0.4, -0.2) is 7.05 Å². The van der Waals surface area contributed by atoms with Crippen molar-refractivity contribution in [1.29, 1.82) is 0 Å². The molecule has 0 aliphatic heterocycles. The fourth-order valence-electron chi connectivity index (χ4n) is 2.06. The minimum Gasteiger partial charge on any atom is -0.309 e. The topological polar surface area (TPSA) is 12.0 Å². The fraction of sp³-hybridized carbons (Fsp3) is 0.200. The van der Waals surface area contributed by atoms with Gasteiger partial charge in [0.15, 0.2) is 0 Å². The number of hydrogen-bond donors (Lipinski definition) is 1. The average Bonchev–Trinajstić information content (AvgIpc) is 2.37. The normalized spacial score (nSPS) is 12.5. The summed E-state index contributed by atoms with van der Waals surface area (Å²) in [6.45, 7) is 2.02. The first-order valence-corrected chi connectivity index (χ1v) is 7.04. The lowest BCUT2D eigenvalue weighted by atomic mass is 9.98. The van der Waals surface area contributed by atoms with Gasteiger partial charge >= 0.3 is 0 Å². The van der Waals surface area contributed by atoms with Crippen LogP contribution in [0.15, 0.2) is 36.4 Å². The number of halogens is 3. The molecule has 4 heteroatoms. The highest BCUT2D eigenvalue weighted by atomic mass is 35.5. The molecule has 1 unspecified atom stereocenters. The third-order valence-corrected chi connectivity index (χ3v) is 4.10. The molecule has 1 atom stereocenters. The fourth-order valence-corrected chi connectivity index (χ4v) is 2.71. The van der Waals surface area contributed by atoms with Gasteiger partial charge in [-0.3, -0.25) is 0 Å². The van der Waals surface area contributed by atoms with Crippen LogP contribution in [0.5, 0.6) is 0 Å². The summed E-state index contributed by atoms with van der Waals surface area (Å²) in [4.78, 5) is 0. The summed E-state index contributed by atoms with van der Waals surface area (Å²) in [5.41, 5.74) is 3.19. The zero-order chi connectivity index (χ0) is 14.0. The van der Waals surface area contributed by atoms with Crippen molar-refractivity contribution < 1.29 is 0 Å². The predicted octanol–water partition coefficient (Wildman–Crippen LogP) is 5.26. The molecular formula is C15H14Cl3N. The maximum absolute atomic E-state index is 6.32. The zero-order valence-corrected chi connectivity index (χ0v) is 12.9. The van der Waals surface area contributed by atoms with Crippen LogP contribution in [-0.2, 0) is 0 Å². The highest BCUT2D eigenvalue weighted by molar-refractivity contribution is 6.42. The van der Waals surface area contributed by atoms with Gasteiger partial charge in [0.05, 0.1) is 16.1 Å². The maximum Gasteiger partial charge on any atom is 0.0595 e. The lowest BCUT2D eigenvalue weighted by molar-refractivity contribution is 0.692. The summed E-state index contributed by atoms with van der Waals surface area (Å²) in [5.74, 6) is 0. The molecule has 0 aromatic heterocycles. The molecule has 0 saturated heterocycles. The van der Waals surface area contributed by atoms with Crippen molar-refractivity contribution >= 4 is 34.8 Å². The Bertz CT molecular complexity index is 596. The molecule has 100 valence electrons. The van der Waals surface area contributed by atoms with Crippen LogP contribution in [0.4, 0.5) is 0 Å². The molecule has 0 amide bonds. The van der Waals surface area contributed by atoms with Gasteiger partial charge in [0.25, 0.3) is 0 Å². The second-order valence-electron chi connectivity index (χ2n) is 4.42. The number of benzene rings is 2. The highest BCUT2D eigenvalue weighted by Crippen LogP contribution is 2.32. The Morgan fingerprint density at radius 3 is 2.21 bits per heavy atom. The van der Waals surface area contributed by atoms with E-state index < -0.39 is 0 Å². The summed E-state index contributed by atoms with van der Waals surface area (Å²) in [6, 6.07) is 11.6. The molecule has 0 bridgehead atoms. The van der Waals surface area contributed by atoms with E-state index in [1.54, 1.807) is 6.07 Å². The first kappa shape index (κ1) is 14.7. The summed E-state index contributed by atoms with van der Waals surface area (Å²) in [5, 5.41) is 5.09. The molecule has 2 aromatic rings. The van der Waals surface area contributed by atoms with Gasteiger partial charge in [0.2, 0.25) is 0 Å². The van der Waals surface area contributed by atoms with E-state index in [4.69, 9.17) is 34.8 Å². The highest BCUT2D eigenvalue weighted by Gasteiger charge is 2.16. The summed E-state index contributed by atoms with van der Waals surface area (Å²) < 4.78 is 0. The first-order chi connectivity index (χ1) is 9.02. The summed E-state index contributed by atoms with van der Waals surface area (Å²) in [6.07, 6.45) is 0. The minimum atomic E-state index is -0.0112. The van der Waals surface area contributed by atoms with Gasteiger partial charge in [0.1, 0.15) is 0 Å². The number of aryl methyl sites for hydroxylation is 1. The second-order valence-corrected chi connectivity index (χ2v) is 5.64. The van der Waals surface area contributed by atoms with Crippen molar-refractivity contribution in [3.63, 3.8) is 0 Å². The van der Waals surface area contributed by atoms with E-state index in [0.717, 1.165) is 21.7 Å². The molecule has 0 radical (unpaired) electrons. The first-order valence-electron chi connectivity index (χ1n) is 5.91. The van der Waals surface area contributed by atoms with E-state index in [-0.39, 0.29) is 6.04 Å². The van der Waals surface area contributed by atoms with Crippen LogP contribution in [0.2, 0.25) is 15.1 Å². The van der Waals surface area contributed by atoms with Gasteiger partial charge in [-0.15, -0.1) is 0 Å². The van der Waals surface area contributed by atoms with E-state index >= 15 is 0 Å². The predicted molar refractivity (Wildman–Crippen MR) is 83.6 cm³/mol. The summed E-state index contributed by atoms with van der Waals surface area (Å²) >= 11 is 18.3. The Labute approximate surface area is 128 Å². The molecule has 19 heavy (non-hydrogen) atoms. The molecular weight excluding hydrogens is 301 g/mol. The van der Waals surface area contributed by atoms with E-state index in [0.29, 0.717) is 10.0 Å². The number of nitrogens with one attached hydrogen (secondary N) is 1. The Kier molecular flexibility index (Phi) is 4.75. The Balaban J connectivity index is 2.46. The van der Waals surface area contributed by atoms with Crippen LogP contribution in [0.3, 0.4) is 0 Å². The van der Waals surface area contributed by atoms with Crippen LogP contribution < -0.4 is 5.32 Å².